The average molecular weight is 265 g/mol. The first-order valence-corrected chi connectivity index (χ1v) is 6.61. The van der Waals surface area contributed by atoms with E-state index in [-0.39, 0.29) is 5.92 Å². The lowest BCUT2D eigenvalue weighted by atomic mass is 10.1. The Morgan fingerprint density at radius 2 is 2.20 bits per heavy atom. The van der Waals surface area contributed by atoms with E-state index in [0.29, 0.717) is 5.56 Å². The van der Waals surface area contributed by atoms with E-state index < -0.39 is 0 Å². The van der Waals surface area contributed by atoms with Crippen LogP contribution in [0.25, 0.3) is 11.0 Å². The summed E-state index contributed by atoms with van der Waals surface area (Å²) in [6.45, 7) is 4.06. The van der Waals surface area contributed by atoms with Gasteiger partial charge in [0, 0.05) is 12.3 Å². The molecule has 3 rings (SSSR count). The molecule has 0 fully saturated rings. The van der Waals surface area contributed by atoms with Gasteiger partial charge in [0.15, 0.2) is 0 Å². The van der Waals surface area contributed by atoms with Crippen LogP contribution in [0.3, 0.4) is 0 Å². The van der Waals surface area contributed by atoms with Crippen molar-refractivity contribution >= 4 is 11.0 Å². The van der Waals surface area contributed by atoms with Crippen molar-refractivity contribution < 1.29 is 4.42 Å². The number of nitrogens with one attached hydrogen (secondary N) is 1. The van der Waals surface area contributed by atoms with E-state index in [1.54, 1.807) is 6.07 Å². The van der Waals surface area contributed by atoms with Crippen LogP contribution in [0.5, 0.6) is 0 Å². The van der Waals surface area contributed by atoms with Gasteiger partial charge in [-0.2, -0.15) is 5.26 Å². The van der Waals surface area contributed by atoms with Crippen LogP contribution >= 0.6 is 0 Å². The van der Waals surface area contributed by atoms with Crippen LogP contribution < -0.4 is 0 Å². The number of fused-ring (bicyclic) bond motifs is 1. The zero-order chi connectivity index (χ0) is 14.1. The highest BCUT2D eigenvalue weighted by atomic mass is 16.3. The predicted molar refractivity (Wildman–Crippen MR) is 76.4 cm³/mol. The Bertz CT molecular complexity index is 792. The molecule has 0 aliphatic carbocycles. The SMILES string of the molecule is Cc1ccc([C@H](C)Cc2nc3ccc(C#N)cc3[nH]2)o1. The van der Waals surface area contributed by atoms with E-state index in [9.17, 15) is 0 Å². The average Bonchev–Trinajstić information content (AvgIpc) is 3.03. The van der Waals surface area contributed by atoms with Gasteiger partial charge in [-0.05, 0) is 37.3 Å². The molecule has 0 radical (unpaired) electrons. The molecule has 2 heterocycles. The van der Waals surface area contributed by atoms with Crippen molar-refractivity contribution in [2.24, 2.45) is 0 Å². The second kappa shape index (κ2) is 4.86. The summed E-state index contributed by atoms with van der Waals surface area (Å²) in [5, 5.41) is 8.90. The van der Waals surface area contributed by atoms with E-state index in [2.05, 4.69) is 23.0 Å². The maximum absolute atomic E-state index is 8.90. The molecule has 1 atom stereocenters. The highest BCUT2D eigenvalue weighted by molar-refractivity contribution is 5.76. The van der Waals surface area contributed by atoms with Crippen molar-refractivity contribution in [2.45, 2.75) is 26.2 Å². The Labute approximate surface area is 117 Å². The van der Waals surface area contributed by atoms with E-state index in [4.69, 9.17) is 9.68 Å². The Hall–Kier alpha value is -2.54. The van der Waals surface area contributed by atoms with Crippen LogP contribution in [0.4, 0.5) is 0 Å². The minimum atomic E-state index is 0.264. The van der Waals surface area contributed by atoms with Crippen LogP contribution in [0.15, 0.2) is 34.7 Å². The number of imidazole rings is 1. The minimum Gasteiger partial charge on any atom is -0.466 e. The van der Waals surface area contributed by atoms with Gasteiger partial charge >= 0.3 is 0 Å². The van der Waals surface area contributed by atoms with Crippen LogP contribution in [-0.4, -0.2) is 9.97 Å². The molecule has 0 saturated heterocycles. The molecule has 0 aliphatic rings. The number of aromatic nitrogens is 2. The molecular weight excluding hydrogens is 250 g/mol. The number of hydrogen-bond acceptors (Lipinski definition) is 3. The van der Waals surface area contributed by atoms with Gasteiger partial charge in [0.05, 0.1) is 22.7 Å². The van der Waals surface area contributed by atoms with Gasteiger partial charge in [-0.3, -0.25) is 0 Å². The van der Waals surface area contributed by atoms with Crippen molar-refractivity contribution in [1.82, 2.24) is 9.97 Å². The lowest BCUT2D eigenvalue weighted by Gasteiger charge is -2.05. The number of nitrogens with zero attached hydrogens (tertiary/aromatic N) is 2. The Morgan fingerprint density at radius 1 is 1.35 bits per heavy atom. The molecule has 0 aliphatic heterocycles. The smallest absolute Gasteiger partial charge is 0.107 e. The zero-order valence-corrected chi connectivity index (χ0v) is 11.5. The predicted octanol–water partition coefficient (Wildman–Crippen LogP) is 3.68. The van der Waals surface area contributed by atoms with Gasteiger partial charge in [0.1, 0.15) is 17.3 Å². The molecule has 0 spiro atoms. The summed E-state index contributed by atoms with van der Waals surface area (Å²) in [6.07, 6.45) is 0.781. The third-order valence-corrected chi connectivity index (χ3v) is 3.41. The van der Waals surface area contributed by atoms with Gasteiger partial charge in [-0.15, -0.1) is 0 Å². The molecule has 4 nitrogen and oxygen atoms in total. The normalized spacial score (nSPS) is 12.4. The van der Waals surface area contributed by atoms with Crippen molar-refractivity contribution in [3.8, 4) is 6.07 Å². The molecule has 20 heavy (non-hydrogen) atoms. The fourth-order valence-electron chi connectivity index (χ4n) is 2.34. The summed E-state index contributed by atoms with van der Waals surface area (Å²) < 4.78 is 5.64. The zero-order valence-electron chi connectivity index (χ0n) is 11.5. The van der Waals surface area contributed by atoms with E-state index >= 15 is 0 Å². The third-order valence-electron chi connectivity index (χ3n) is 3.41. The highest BCUT2D eigenvalue weighted by Gasteiger charge is 2.13. The molecule has 0 saturated carbocycles. The van der Waals surface area contributed by atoms with Crippen molar-refractivity contribution in [3.05, 3.63) is 53.2 Å². The molecule has 100 valence electrons. The maximum Gasteiger partial charge on any atom is 0.107 e. The number of furan rings is 1. The number of nitriles is 1. The summed E-state index contributed by atoms with van der Waals surface area (Å²) in [5.41, 5.74) is 2.44. The number of aryl methyl sites for hydroxylation is 1. The van der Waals surface area contributed by atoms with Crippen LogP contribution in [0.1, 0.15) is 35.7 Å². The lowest BCUT2D eigenvalue weighted by Crippen LogP contribution is -1.98. The van der Waals surface area contributed by atoms with Crippen LogP contribution in [0, 0.1) is 18.3 Å². The van der Waals surface area contributed by atoms with Gasteiger partial charge in [-0.25, -0.2) is 4.98 Å². The Morgan fingerprint density at radius 3 is 2.90 bits per heavy atom. The fraction of sp³-hybridized carbons (Fsp3) is 0.250. The van der Waals surface area contributed by atoms with Crippen molar-refractivity contribution in [2.75, 3.05) is 0 Å². The molecule has 0 amide bonds. The van der Waals surface area contributed by atoms with Crippen LogP contribution in [0.2, 0.25) is 0 Å². The Kier molecular flexibility index (Phi) is 3.03. The largest absolute Gasteiger partial charge is 0.466 e. The van der Waals surface area contributed by atoms with E-state index in [1.807, 2.05) is 31.2 Å². The molecule has 4 heteroatoms. The van der Waals surface area contributed by atoms with Gasteiger partial charge < -0.3 is 9.40 Å². The number of benzene rings is 1. The lowest BCUT2D eigenvalue weighted by molar-refractivity contribution is 0.449. The first-order chi connectivity index (χ1) is 9.65. The topological polar surface area (TPSA) is 65.6 Å². The monoisotopic (exact) mass is 265 g/mol. The number of H-pyrrole nitrogens is 1. The number of aromatic amines is 1. The molecule has 1 aromatic carbocycles. The molecule has 3 aromatic rings. The van der Waals surface area contributed by atoms with Gasteiger partial charge in [-0.1, -0.05) is 6.92 Å². The summed E-state index contributed by atoms with van der Waals surface area (Å²) in [6, 6.07) is 11.6. The summed E-state index contributed by atoms with van der Waals surface area (Å²) >= 11 is 0. The van der Waals surface area contributed by atoms with E-state index in [1.165, 1.54) is 0 Å². The van der Waals surface area contributed by atoms with Crippen molar-refractivity contribution in [3.63, 3.8) is 0 Å². The molecule has 2 aromatic heterocycles. The first-order valence-electron chi connectivity index (χ1n) is 6.61. The highest BCUT2D eigenvalue weighted by Crippen LogP contribution is 2.23. The minimum absolute atomic E-state index is 0.264. The van der Waals surface area contributed by atoms with Gasteiger partial charge in [0.25, 0.3) is 0 Å². The number of hydrogen-bond donors (Lipinski definition) is 1. The fourth-order valence-corrected chi connectivity index (χ4v) is 2.34. The van der Waals surface area contributed by atoms with Crippen LogP contribution in [-0.2, 0) is 6.42 Å². The first kappa shape index (κ1) is 12.5. The quantitative estimate of drug-likeness (QED) is 0.785. The molecule has 0 unspecified atom stereocenters. The Balaban J connectivity index is 1.86. The molecule has 1 N–H and O–H groups in total. The number of rotatable bonds is 3. The van der Waals surface area contributed by atoms with E-state index in [0.717, 1.165) is 34.8 Å². The summed E-state index contributed by atoms with van der Waals surface area (Å²) in [5.74, 6) is 3.08. The maximum atomic E-state index is 8.90. The summed E-state index contributed by atoms with van der Waals surface area (Å²) in [4.78, 5) is 7.83. The molecule has 0 bridgehead atoms. The van der Waals surface area contributed by atoms with Crippen molar-refractivity contribution in [1.29, 1.82) is 5.26 Å². The second-order valence-corrected chi connectivity index (χ2v) is 5.08. The second-order valence-electron chi connectivity index (χ2n) is 5.08. The molecular formula is C16H15N3O. The summed E-state index contributed by atoms with van der Waals surface area (Å²) in [7, 11) is 0. The third kappa shape index (κ3) is 2.30. The van der Waals surface area contributed by atoms with Gasteiger partial charge in [0.2, 0.25) is 0 Å². The standard InChI is InChI=1S/C16H15N3O/c1-10(15-6-3-11(2)20-15)7-16-18-13-5-4-12(9-17)8-14(13)19-16/h3-6,8,10H,7H2,1-2H3,(H,18,19)/t10-/m1/s1.